The zero-order valence-electron chi connectivity index (χ0n) is 19.2. The Labute approximate surface area is 219 Å². The number of hydrogen-bond donors (Lipinski definition) is 2. The maximum absolute atomic E-state index is 14.1. The molecule has 4 aromatic rings. The normalized spacial score (nSPS) is 15.1. The number of nitrogens with one attached hydrogen (secondary N) is 2. The number of rotatable bonds is 5. The summed E-state index contributed by atoms with van der Waals surface area (Å²) in [5, 5.41) is 4.98. The number of pyridine rings is 1. The first-order valence-electron chi connectivity index (χ1n) is 11.1. The number of halogens is 8. The van der Waals surface area contributed by atoms with Gasteiger partial charge in [-0.15, -0.1) is 0 Å². The number of fused-ring (bicyclic) bond motifs is 3. The Morgan fingerprint density at radius 2 is 1.87 bits per heavy atom. The van der Waals surface area contributed by atoms with Crippen LogP contribution in [0.25, 0.3) is 5.52 Å². The highest BCUT2D eigenvalue weighted by Crippen LogP contribution is 2.41. The van der Waals surface area contributed by atoms with Gasteiger partial charge in [0.25, 0.3) is 11.8 Å². The first-order valence-corrected chi connectivity index (χ1v) is 11.5. The number of hydrogen-bond acceptors (Lipinski definition) is 3. The molecule has 2 aromatic heterocycles. The molecule has 0 aliphatic carbocycles. The number of amides is 2. The molecule has 6 nitrogen and oxygen atoms in total. The molecular weight excluding hydrogens is 557 g/mol. The number of anilines is 1. The fourth-order valence-corrected chi connectivity index (χ4v) is 4.68. The molecule has 202 valence electrons. The average molecular weight is 571 g/mol. The predicted octanol–water partition coefficient (Wildman–Crippen LogP) is 6.18. The molecule has 0 spiro atoms. The van der Waals surface area contributed by atoms with E-state index >= 15 is 0 Å². The molecule has 1 atom stereocenters. The van der Waals surface area contributed by atoms with Crippen molar-refractivity contribution in [1.29, 1.82) is 0 Å². The van der Waals surface area contributed by atoms with Gasteiger partial charge in [-0.1, -0.05) is 11.6 Å². The number of carbonyl (C=O) groups is 2. The Morgan fingerprint density at radius 3 is 2.56 bits per heavy atom. The van der Waals surface area contributed by atoms with Crippen molar-refractivity contribution in [3.05, 3.63) is 99.1 Å². The lowest BCUT2D eigenvalue weighted by atomic mass is 9.96. The number of benzene rings is 2. The van der Waals surface area contributed by atoms with E-state index in [2.05, 4.69) is 15.6 Å². The third kappa shape index (κ3) is 4.89. The minimum atomic E-state index is -4.95. The van der Waals surface area contributed by atoms with Crippen LogP contribution in [0.3, 0.4) is 0 Å². The maximum atomic E-state index is 14.1. The highest BCUT2D eigenvalue weighted by atomic mass is 35.5. The number of alkyl halides is 5. The van der Waals surface area contributed by atoms with Crippen molar-refractivity contribution >= 4 is 34.6 Å². The summed E-state index contributed by atoms with van der Waals surface area (Å²) >= 11 is 6.25. The van der Waals surface area contributed by atoms with Crippen molar-refractivity contribution in [3.8, 4) is 0 Å². The molecule has 0 bridgehead atoms. The maximum Gasteiger partial charge on any atom is 0.416 e. The standard InChI is InChI=1S/C25H14ClF7N4O2/c26-15-2-1-12(27)6-14(15)22-20-16(35-23(38)10-3-11(25(31,32)33)5-13(28)4-10)9-37-17(21(20)24(39)36-22)8-34-19(37)7-18(29)30/h1-6,8-9,18,22H,7H2,(H,35,38)(H,36,39). The van der Waals surface area contributed by atoms with Gasteiger partial charge in [-0.25, -0.2) is 22.5 Å². The third-order valence-corrected chi connectivity index (χ3v) is 6.42. The lowest BCUT2D eigenvalue weighted by Gasteiger charge is -2.19. The molecule has 1 aliphatic rings. The summed E-state index contributed by atoms with van der Waals surface area (Å²) in [5.74, 6) is -4.13. The number of imidazole rings is 1. The molecule has 0 radical (unpaired) electrons. The third-order valence-electron chi connectivity index (χ3n) is 6.08. The predicted molar refractivity (Wildman–Crippen MR) is 125 cm³/mol. The molecule has 14 heteroatoms. The smallest absolute Gasteiger partial charge is 0.341 e. The van der Waals surface area contributed by atoms with E-state index in [1.807, 2.05) is 0 Å². The lowest BCUT2D eigenvalue weighted by Crippen LogP contribution is -2.21. The molecule has 1 unspecified atom stereocenters. The summed E-state index contributed by atoms with van der Waals surface area (Å²) in [7, 11) is 0. The summed E-state index contributed by atoms with van der Waals surface area (Å²) in [6, 6.07) is 3.42. The summed E-state index contributed by atoms with van der Waals surface area (Å²) in [6.07, 6.45) is -6.27. The van der Waals surface area contributed by atoms with Crippen LogP contribution in [0.1, 0.15) is 49.3 Å². The van der Waals surface area contributed by atoms with Crippen molar-refractivity contribution < 1.29 is 40.3 Å². The van der Waals surface area contributed by atoms with Crippen LogP contribution < -0.4 is 10.6 Å². The second kappa shape index (κ2) is 9.56. The number of carbonyl (C=O) groups excluding carboxylic acids is 2. The van der Waals surface area contributed by atoms with Crippen molar-refractivity contribution in [1.82, 2.24) is 14.7 Å². The van der Waals surface area contributed by atoms with E-state index < -0.39 is 59.6 Å². The topological polar surface area (TPSA) is 75.5 Å². The van der Waals surface area contributed by atoms with Crippen LogP contribution in [-0.2, 0) is 12.6 Å². The summed E-state index contributed by atoms with van der Waals surface area (Å²) in [4.78, 5) is 30.1. The van der Waals surface area contributed by atoms with Gasteiger partial charge in [0.2, 0.25) is 6.43 Å². The minimum absolute atomic E-state index is 0.0318. The Bertz CT molecular complexity index is 1650. The van der Waals surface area contributed by atoms with Crippen LogP contribution in [0.5, 0.6) is 0 Å². The van der Waals surface area contributed by atoms with Crippen LogP contribution >= 0.6 is 11.6 Å². The highest BCUT2D eigenvalue weighted by Gasteiger charge is 2.37. The van der Waals surface area contributed by atoms with Crippen molar-refractivity contribution in [2.45, 2.75) is 25.1 Å². The first kappa shape index (κ1) is 26.5. The molecule has 39 heavy (non-hydrogen) atoms. The lowest BCUT2D eigenvalue weighted by molar-refractivity contribution is -0.137. The van der Waals surface area contributed by atoms with Crippen molar-refractivity contribution in [2.75, 3.05) is 5.32 Å². The summed E-state index contributed by atoms with van der Waals surface area (Å²) in [5.41, 5.74) is -2.24. The fraction of sp³-hybridized carbons (Fsp3) is 0.160. The Hall–Kier alpha value is -4.13. The molecule has 0 saturated heterocycles. The molecule has 2 aromatic carbocycles. The fourth-order valence-electron chi connectivity index (χ4n) is 4.45. The zero-order chi connectivity index (χ0) is 28.2. The molecule has 2 N–H and O–H groups in total. The van der Waals surface area contributed by atoms with Crippen LogP contribution in [0.2, 0.25) is 5.02 Å². The van der Waals surface area contributed by atoms with Crippen LogP contribution in [0, 0.1) is 11.6 Å². The van der Waals surface area contributed by atoms with Gasteiger partial charge in [-0.05, 0) is 36.4 Å². The van der Waals surface area contributed by atoms with Crippen molar-refractivity contribution in [3.63, 3.8) is 0 Å². The molecule has 1 aliphatic heterocycles. The molecule has 3 heterocycles. The molecule has 0 saturated carbocycles. The van der Waals surface area contributed by atoms with Gasteiger partial charge < -0.3 is 15.0 Å². The summed E-state index contributed by atoms with van der Waals surface area (Å²) in [6.45, 7) is 0. The average Bonchev–Trinajstić information content (AvgIpc) is 3.40. The Balaban J connectivity index is 1.70. The first-order chi connectivity index (χ1) is 18.3. The van der Waals surface area contributed by atoms with Gasteiger partial charge in [0.1, 0.15) is 17.5 Å². The van der Waals surface area contributed by atoms with E-state index in [0.29, 0.717) is 12.1 Å². The molecule has 2 amide bonds. The van der Waals surface area contributed by atoms with Gasteiger partial charge in [0.05, 0.1) is 41.0 Å². The second-order valence-electron chi connectivity index (χ2n) is 8.61. The molecule has 5 rings (SSSR count). The quantitative estimate of drug-likeness (QED) is 0.282. The van der Waals surface area contributed by atoms with Gasteiger partial charge >= 0.3 is 6.18 Å². The van der Waals surface area contributed by atoms with E-state index in [0.717, 1.165) is 22.7 Å². The van der Waals surface area contributed by atoms with Gasteiger partial charge in [0.15, 0.2) is 0 Å². The number of nitrogens with zero attached hydrogens (tertiary/aromatic N) is 2. The van der Waals surface area contributed by atoms with Gasteiger partial charge in [-0.2, -0.15) is 13.2 Å². The van der Waals surface area contributed by atoms with E-state index in [-0.39, 0.29) is 44.8 Å². The Kier molecular flexibility index (Phi) is 6.49. The SMILES string of the molecule is O=C(Nc1cn2c(CC(F)F)ncc2c2c1C(c1cc(F)ccc1Cl)NC2=O)c1cc(F)cc(C(F)(F)F)c1. The van der Waals surface area contributed by atoms with E-state index in [4.69, 9.17) is 11.6 Å². The van der Waals surface area contributed by atoms with E-state index in [9.17, 15) is 40.3 Å². The van der Waals surface area contributed by atoms with E-state index in [1.165, 1.54) is 12.3 Å². The second-order valence-corrected chi connectivity index (χ2v) is 9.02. The van der Waals surface area contributed by atoms with Crippen LogP contribution in [0.4, 0.5) is 36.4 Å². The minimum Gasteiger partial charge on any atom is -0.341 e. The summed E-state index contributed by atoms with van der Waals surface area (Å²) < 4.78 is 95.1. The Morgan fingerprint density at radius 1 is 1.13 bits per heavy atom. The van der Waals surface area contributed by atoms with Crippen molar-refractivity contribution in [2.24, 2.45) is 0 Å². The van der Waals surface area contributed by atoms with Gasteiger partial charge in [-0.3, -0.25) is 9.59 Å². The highest BCUT2D eigenvalue weighted by molar-refractivity contribution is 6.31. The number of aromatic nitrogens is 2. The zero-order valence-corrected chi connectivity index (χ0v) is 20.0. The van der Waals surface area contributed by atoms with Crippen LogP contribution in [-0.4, -0.2) is 27.6 Å². The van der Waals surface area contributed by atoms with Crippen LogP contribution in [0.15, 0.2) is 48.8 Å². The largest absolute Gasteiger partial charge is 0.416 e. The monoisotopic (exact) mass is 570 g/mol. The van der Waals surface area contributed by atoms with Gasteiger partial charge in [0, 0.05) is 27.9 Å². The molecular formula is C25H14ClF7N4O2. The van der Waals surface area contributed by atoms with E-state index in [1.54, 1.807) is 0 Å². The molecule has 0 fully saturated rings.